The molecule has 0 aliphatic carbocycles. The van der Waals surface area contributed by atoms with Crippen LogP contribution in [0.1, 0.15) is 27.2 Å². The molecule has 0 bridgehead atoms. The largest absolute Gasteiger partial charge is 0.509 e. The fraction of sp³-hybridized carbons (Fsp3) is 0.700. The second-order valence-corrected chi connectivity index (χ2v) is 3.26. The van der Waals surface area contributed by atoms with E-state index in [-0.39, 0.29) is 40.3 Å². The van der Waals surface area contributed by atoms with Gasteiger partial charge in [-0.1, -0.05) is 20.8 Å². The maximum atomic E-state index is 11.2. The Morgan fingerprint density at radius 3 is 2.29 bits per heavy atom. The Kier molecular flexibility index (Phi) is 9.24. The summed E-state index contributed by atoms with van der Waals surface area (Å²) in [6, 6.07) is 0. The number of hydrogen-bond acceptors (Lipinski definition) is 3. The quantitative estimate of drug-likeness (QED) is 0.595. The first-order chi connectivity index (χ1) is 6.02. The van der Waals surface area contributed by atoms with Crippen LogP contribution >= 0.6 is 0 Å². The number of methoxy groups -OCH3 is 1. The Balaban J connectivity index is 0. The molecule has 0 aromatic heterocycles. The smallest absolute Gasteiger partial charge is 0.161 e. The minimum Gasteiger partial charge on any atom is -0.509 e. The van der Waals surface area contributed by atoms with Crippen molar-refractivity contribution < 1.29 is 31.4 Å². The van der Waals surface area contributed by atoms with Gasteiger partial charge in [-0.25, -0.2) is 0 Å². The number of ether oxygens (including phenoxy) is 1. The van der Waals surface area contributed by atoms with Crippen LogP contribution in [0.3, 0.4) is 0 Å². The monoisotopic (exact) mass is 245 g/mol. The van der Waals surface area contributed by atoms with Crippen molar-refractivity contribution in [1.29, 1.82) is 0 Å². The van der Waals surface area contributed by atoms with E-state index >= 15 is 0 Å². The number of carbonyl (C=O) groups excluding carboxylic acids is 1. The molecule has 0 aromatic carbocycles. The first-order valence-corrected chi connectivity index (χ1v) is 4.50. The maximum Gasteiger partial charge on any atom is 0.161 e. The molecule has 0 amide bonds. The number of aliphatic hydroxyl groups is 1. The number of carbonyl (C=O) groups is 1. The van der Waals surface area contributed by atoms with Crippen molar-refractivity contribution in [3.05, 3.63) is 11.8 Å². The van der Waals surface area contributed by atoms with Crippen molar-refractivity contribution in [2.75, 3.05) is 7.11 Å². The van der Waals surface area contributed by atoms with E-state index in [9.17, 15) is 9.90 Å². The second-order valence-electron chi connectivity index (χ2n) is 3.26. The van der Waals surface area contributed by atoms with Gasteiger partial charge < -0.3 is 9.84 Å². The van der Waals surface area contributed by atoms with Crippen molar-refractivity contribution >= 4 is 5.78 Å². The molecule has 0 saturated heterocycles. The summed E-state index contributed by atoms with van der Waals surface area (Å²) >= 11 is 0. The van der Waals surface area contributed by atoms with Crippen molar-refractivity contribution in [2.24, 2.45) is 5.92 Å². The molecule has 0 heterocycles. The molecule has 1 radical (unpaired) electrons. The Hall–Kier alpha value is -0.324. The van der Waals surface area contributed by atoms with E-state index in [1.54, 1.807) is 13.8 Å². The number of allylic oxidation sites excluding steroid dienone is 1. The third-order valence-electron chi connectivity index (χ3n) is 1.84. The fourth-order valence-electron chi connectivity index (χ4n) is 0.902. The molecule has 0 saturated carbocycles. The van der Waals surface area contributed by atoms with Crippen molar-refractivity contribution in [3.63, 3.8) is 0 Å². The van der Waals surface area contributed by atoms with Gasteiger partial charge in [0.2, 0.25) is 0 Å². The van der Waals surface area contributed by atoms with Crippen LogP contribution in [0.5, 0.6) is 0 Å². The molecule has 0 aliphatic heterocycles. The van der Waals surface area contributed by atoms with E-state index in [2.05, 4.69) is 0 Å². The molecule has 0 aliphatic rings. The third-order valence-corrected chi connectivity index (χ3v) is 1.84. The first-order valence-electron chi connectivity index (χ1n) is 4.50. The number of ketones is 1. The van der Waals surface area contributed by atoms with E-state index in [0.717, 1.165) is 0 Å². The zero-order valence-corrected chi connectivity index (χ0v) is 10.1. The summed E-state index contributed by atoms with van der Waals surface area (Å²) in [5.74, 6) is -0.145. The molecular weight excluding hydrogens is 227 g/mol. The molecule has 0 spiro atoms. The van der Waals surface area contributed by atoms with Crippen molar-refractivity contribution in [1.82, 2.24) is 0 Å². The van der Waals surface area contributed by atoms with Crippen LogP contribution in [0.25, 0.3) is 0 Å². The van der Waals surface area contributed by atoms with Crippen LogP contribution in [0, 0.1) is 5.92 Å². The molecule has 0 rings (SSSR count). The zero-order valence-electron chi connectivity index (χ0n) is 9.04. The summed E-state index contributed by atoms with van der Waals surface area (Å²) in [5, 5.41) is 9.44. The zero-order chi connectivity index (χ0) is 10.4. The van der Waals surface area contributed by atoms with Gasteiger partial charge in [-0.2, -0.15) is 0 Å². The predicted molar refractivity (Wildman–Crippen MR) is 51.6 cm³/mol. The van der Waals surface area contributed by atoms with Gasteiger partial charge in [0.05, 0.1) is 0 Å². The number of hydrogen-bond donors (Lipinski definition) is 1. The van der Waals surface area contributed by atoms with E-state index in [1.165, 1.54) is 13.2 Å². The Bertz CT molecular complexity index is 196. The summed E-state index contributed by atoms with van der Waals surface area (Å²) in [7, 11) is 1.51. The Morgan fingerprint density at radius 2 is 2.00 bits per heavy atom. The van der Waals surface area contributed by atoms with Crippen LogP contribution in [0.15, 0.2) is 11.8 Å². The molecule has 3 nitrogen and oxygen atoms in total. The van der Waals surface area contributed by atoms with Gasteiger partial charge in [-0.3, -0.25) is 4.79 Å². The van der Waals surface area contributed by atoms with Crippen LogP contribution in [0.4, 0.5) is 0 Å². The molecule has 0 fully saturated rings. The van der Waals surface area contributed by atoms with Gasteiger partial charge in [0.1, 0.15) is 11.9 Å². The predicted octanol–water partition coefficient (Wildman–Crippen LogP) is 2.08. The van der Waals surface area contributed by atoms with Crippen molar-refractivity contribution in [2.45, 2.75) is 33.3 Å². The molecule has 14 heavy (non-hydrogen) atoms. The fourth-order valence-corrected chi connectivity index (χ4v) is 0.902. The van der Waals surface area contributed by atoms with Crippen LogP contribution in [-0.4, -0.2) is 24.1 Å². The van der Waals surface area contributed by atoms with E-state index < -0.39 is 0 Å². The van der Waals surface area contributed by atoms with Gasteiger partial charge in [-0.05, 0) is 6.42 Å². The topological polar surface area (TPSA) is 46.5 Å². The molecule has 0 aromatic rings. The number of aliphatic hydroxyl groups excluding tert-OH is 1. The molecular formula is C10H18CoO3. The summed E-state index contributed by atoms with van der Waals surface area (Å²) in [4.78, 5) is 11.2. The third kappa shape index (κ3) is 5.42. The summed E-state index contributed by atoms with van der Waals surface area (Å²) in [6.45, 7) is 5.47. The normalized spacial score (nSPS) is 13.6. The molecule has 1 N–H and O–H groups in total. The maximum absolute atomic E-state index is 11.2. The van der Waals surface area contributed by atoms with Crippen LogP contribution in [0.2, 0.25) is 0 Å². The minimum atomic E-state index is -0.359. The van der Waals surface area contributed by atoms with E-state index in [4.69, 9.17) is 4.74 Å². The van der Waals surface area contributed by atoms with Gasteiger partial charge in [-0.15, -0.1) is 0 Å². The minimum absolute atomic E-state index is 0. The van der Waals surface area contributed by atoms with Crippen LogP contribution in [-0.2, 0) is 26.3 Å². The van der Waals surface area contributed by atoms with Gasteiger partial charge in [0.15, 0.2) is 5.78 Å². The van der Waals surface area contributed by atoms with Gasteiger partial charge >= 0.3 is 0 Å². The molecule has 85 valence electrons. The average Bonchev–Trinajstić information content (AvgIpc) is 2.06. The molecule has 1 unspecified atom stereocenters. The standard InChI is InChI=1S/C10H18O3.Co/c1-5-10(13-4)9(12)6-8(11)7(2)3;/h6-7,10,12H,5H2,1-4H3;/b9-6-;. The van der Waals surface area contributed by atoms with E-state index in [0.29, 0.717) is 6.42 Å². The summed E-state index contributed by atoms with van der Waals surface area (Å²) in [5.41, 5.74) is 0. The van der Waals surface area contributed by atoms with E-state index in [1.807, 2.05) is 6.92 Å². The summed E-state index contributed by atoms with van der Waals surface area (Å²) < 4.78 is 4.97. The second kappa shape index (κ2) is 8.02. The van der Waals surface area contributed by atoms with Gasteiger partial charge in [0.25, 0.3) is 0 Å². The SMILES string of the molecule is CCC(OC)/C(O)=C/C(=O)C(C)C.[Co]. The summed E-state index contributed by atoms with van der Waals surface area (Å²) in [6.07, 6.45) is 1.55. The Morgan fingerprint density at radius 1 is 1.50 bits per heavy atom. The Labute approximate surface area is 95.7 Å². The number of rotatable bonds is 5. The van der Waals surface area contributed by atoms with Crippen LogP contribution < -0.4 is 0 Å². The molecule has 4 heteroatoms. The first kappa shape index (κ1) is 16.1. The average molecular weight is 245 g/mol. The van der Waals surface area contributed by atoms with Gasteiger partial charge in [0, 0.05) is 35.9 Å². The molecule has 1 atom stereocenters. The van der Waals surface area contributed by atoms with Crippen molar-refractivity contribution in [3.8, 4) is 0 Å².